The van der Waals surface area contributed by atoms with Crippen molar-refractivity contribution in [3.63, 3.8) is 0 Å². The Morgan fingerprint density at radius 3 is 2.40 bits per heavy atom. The Morgan fingerprint density at radius 1 is 0.914 bits per heavy atom. The van der Waals surface area contributed by atoms with Gasteiger partial charge in [0.1, 0.15) is 22.6 Å². The Bertz CT molecular complexity index is 1580. The van der Waals surface area contributed by atoms with Gasteiger partial charge in [-0.1, -0.05) is 35.3 Å². The summed E-state index contributed by atoms with van der Waals surface area (Å²) in [6.45, 7) is 3.86. The van der Waals surface area contributed by atoms with E-state index < -0.39 is 0 Å². The molecule has 5 rings (SSSR count). The summed E-state index contributed by atoms with van der Waals surface area (Å²) >= 11 is 12.2. The number of hydrogen-bond donors (Lipinski definition) is 1. The fourth-order valence-corrected chi connectivity index (χ4v) is 3.87. The molecule has 0 saturated carbocycles. The second-order valence-corrected chi connectivity index (χ2v) is 8.95. The molecule has 35 heavy (non-hydrogen) atoms. The Kier molecular flexibility index (Phi) is 6.16. The lowest BCUT2D eigenvalue weighted by Gasteiger charge is -2.05. The van der Waals surface area contributed by atoms with Gasteiger partial charge in [-0.2, -0.15) is 4.80 Å². The van der Waals surface area contributed by atoms with Crippen LogP contribution < -0.4 is 5.32 Å². The lowest BCUT2D eigenvalue weighted by atomic mass is 10.1. The summed E-state index contributed by atoms with van der Waals surface area (Å²) in [4.78, 5) is 14.1. The first kappa shape index (κ1) is 22.9. The number of furan rings is 1. The average Bonchev–Trinajstić information content (AvgIpc) is 3.47. The van der Waals surface area contributed by atoms with Crippen molar-refractivity contribution in [2.45, 2.75) is 13.8 Å². The summed E-state index contributed by atoms with van der Waals surface area (Å²) in [5, 5.41) is 13.3. The highest BCUT2D eigenvalue weighted by Gasteiger charge is 2.10. The molecule has 2 heterocycles. The van der Waals surface area contributed by atoms with Crippen molar-refractivity contribution in [1.29, 1.82) is 0 Å². The zero-order valence-electron chi connectivity index (χ0n) is 18.9. The van der Waals surface area contributed by atoms with Gasteiger partial charge < -0.3 is 9.73 Å². The molecule has 5 aromatic rings. The van der Waals surface area contributed by atoms with E-state index in [1.54, 1.807) is 29.1 Å². The molecule has 8 heteroatoms. The molecule has 3 aromatic carbocycles. The second kappa shape index (κ2) is 9.41. The fraction of sp³-hybridized carbons (Fsp3) is 0.0741. The molecule has 0 radical (unpaired) electrons. The molecular formula is C27H20Cl2N4O2. The van der Waals surface area contributed by atoms with Crippen LogP contribution in [0.3, 0.4) is 0 Å². The summed E-state index contributed by atoms with van der Waals surface area (Å²) in [6, 6.07) is 20.3. The van der Waals surface area contributed by atoms with E-state index in [1.165, 1.54) is 6.08 Å². The number of carbonyl (C=O) groups is 1. The topological polar surface area (TPSA) is 73.0 Å². The zero-order chi connectivity index (χ0) is 24.5. The SMILES string of the molecule is Cc1ccc(-c2ccc(/C=C/C(=O)Nc3cc4nn(-c5ccc(Cl)cc5)nc4cc3C)o2)cc1Cl. The number of carbonyl (C=O) groups excluding carboxylic acids is 1. The maximum absolute atomic E-state index is 12.6. The highest BCUT2D eigenvalue weighted by Crippen LogP contribution is 2.27. The number of halogens is 2. The molecule has 0 aliphatic carbocycles. The summed E-state index contributed by atoms with van der Waals surface area (Å²) < 4.78 is 5.84. The number of amides is 1. The van der Waals surface area contributed by atoms with E-state index in [1.807, 2.05) is 62.4 Å². The Morgan fingerprint density at radius 2 is 1.66 bits per heavy atom. The van der Waals surface area contributed by atoms with Crippen molar-refractivity contribution in [1.82, 2.24) is 15.0 Å². The van der Waals surface area contributed by atoms with E-state index >= 15 is 0 Å². The smallest absolute Gasteiger partial charge is 0.248 e. The third-order valence-corrected chi connectivity index (χ3v) is 6.18. The number of fused-ring (bicyclic) bond motifs is 1. The lowest BCUT2D eigenvalue weighted by molar-refractivity contribution is -0.111. The van der Waals surface area contributed by atoms with Gasteiger partial charge >= 0.3 is 0 Å². The predicted molar refractivity (Wildman–Crippen MR) is 140 cm³/mol. The van der Waals surface area contributed by atoms with Crippen LogP contribution in [0.2, 0.25) is 10.0 Å². The molecule has 2 aromatic heterocycles. The van der Waals surface area contributed by atoms with Crippen molar-refractivity contribution in [3.8, 4) is 17.0 Å². The van der Waals surface area contributed by atoms with E-state index in [9.17, 15) is 4.79 Å². The van der Waals surface area contributed by atoms with Gasteiger partial charge in [-0.25, -0.2) is 0 Å². The Balaban J connectivity index is 1.31. The third-order valence-electron chi connectivity index (χ3n) is 5.52. The minimum Gasteiger partial charge on any atom is -0.457 e. The van der Waals surface area contributed by atoms with Crippen LogP contribution in [0.15, 0.2) is 77.2 Å². The van der Waals surface area contributed by atoms with E-state index in [-0.39, 0.29) is 5.91 Å². The van der Waals surface area contributed by atoms with Crippen molar-refractivity contribution < 1.29 is 9.21 Å². The molecule has 174 valence electrons. The predicted octanol–water partition coefficient (Wildman–Crippen LogP) is 7.26. The molecule has 0 spiro atoms. The largest absolute Gasteiger partial charge is 0.457 e. The standard InChI is InChI=1S/C27H20Cl2N4O2/c1-16-3-4-18(14-22(16)29)26-11-9-21(35-26)10-12-27(34)30-23-15-25-24(13-17(23)2)31-33(32-25)20-7-5-19(28)6-8-20/h3-15H,1-2H3,(H,30,34)/b12-10+. The van der Waals surface area contributed by atoms with Crippen molar-refractivity contribution in [3.05, 3.63) is 99.7 Å². The average molecular weight is 503 g/mol. The molecule has 0 unspecified atom stereocenters. The van der Waals surface area contributed by atoms with Crippen molar-refractivity contribution in [2.75, 3.05) is 5.32 Å². The van der Waals surface area contributed by atoms with Crippen LogP contribution >= 0.6 is 23.2 Å². The number of aromatic nitrogens is 3. The summed E-state index contributed by atoms with van der Waals surface area (Å²) in [5.41, 5.74) is 5.59. The number of nitrogens with one attached hydrogen (secondary N) is 1. The first-order chi connectivity index (χ1) is 16.9. The number of benzene rings is 3. The van der Waals surface area contributed by atoms with Gasteiger partial charge in [-0.3, -0.25) is 4.79 Å². The quantitative estimate of drug-likeness (QED) is 0.256. The maximum atomic E-state index is 12.6. The molecule has 0 saturated heterocycles. The van der Waals surface area contributed by atoms with Crippen LogP contribution in [0, 0.1) is 13.8 Å². The van der Waals surface area contributed by atoms with Crippen molar-refractivity contribution >= 4 is 51.9 Å². The lowest BCUT2D eigenvalue weighted by Crippen LogP contribution is -2.08. The number of anilines is 1. The summed E-state index contributed by atoms with van der Waals surface area (Å²) in [6.07, 6.45) is 3.05. The Labute approximate surface area is 211 Å². The fourth-order valence-electron chi connectivity index (χ4n) is 3.57. The van der Waals surface area contributed by atoms with E-state index in [0.717, 1.165) is 27.9 Å². The third kappa shape index (κ3) is 4.99. The molecule has 0 atom stereocenters. The highest BCUT2D eigenvalue weighted by atomic mass is 35.5. The van der Waals surface area contributed by atoms with E-state index in [2.05, 4.69) is 15.5 Å². The molecule has 0 aliphatic rings. The van der Waals surface area contributed by atoms with Crippen LogP contribution in [-0.4, -0.2) is 20.9 Å². The van der Waals surface area contributed by atoms with Gasteiger partial charge in [0.2, 0.25) is 5.91 Å². The second-order valence-electron chi connectivity index (χ2n) is 8.11. The molecule has 1 amide bonds. The van der Waals surface area contributed by atoms with E-state index in [0.29, 0.717) is 32.8 Å². The zero-order valence-corrected chi connectivity index (χ0v) is 20.4. The number of hydrogen-bond acceptors (Lipinski definition) is 4. The molecule has 0 fully saturated rings. The van der Waals surface area contributed by atoms with Crippen LogP contribution in [0.4, 0.5) is 5.69 Å². The molecule has 0 aliphatic heterocycles. The minimum absolute atomic E-state index is 0.283. The number of aryl methyl sites for hydroxylation is 2. The molecule has 1 N–H and O–H groups in total. The first-order valence-electron chi connectivity index (χ1n) is 10.8. The summed E-state index contributed by atoms with van der Waals surface area (Å²) in [5.74, 6) is 0.954. The molecule has 0 bridgehead atoms. The molecular weight excluding hydrogens is 483 g/mol. The minimum atomic E-state index is -0.283. The van der Waals surface area contributed by atoms with Gasteiger partial charge in [0.05, 0.1) is 5.69 Å². The monoisotopic (exact) mass is 502 g/mol. The van der Waals surface area contributed by atoms with Crippen LogP contribution in [0.25, 0.3) is 34.1 Å². The number of rotatable bonds is 5. The first-order valence-corrected chi connectivity index (χ1v) is 11.6. The summed E-state index contributed by atoms with van der Waals surface area (Å²) in [7, 11) is 0. The Hall–Kier alpha value is -3.87. The van der Waals surface area contributed by atoms with Gasteiger partial charge in [-0.05, 0) is 85.6 Å². The van der Waals surface area contributed by atoms with Gasteiger partial charge in [0.25, 0.3) is 0 Å². The van der Waals surface area contributed by atoms with Crippen LogP contribution in [-0.2, 0) is 4.79 Å². The van der Waals surface area contributed by atoms with Gasteiger partial charge in [0, 0.05) is 27.4 Å². The maximum Gasteiger partial charge on any atom is 0.248 e. The normalized spacial score (nSPS) is 11.4. The van der Waals surface area contributed by atoms with E-state index in [4.69, 9.17) is 27.6 Å². The van der Waals surface area contributed by atoms with Crippen LogP contribution in [0.5, 0.6) is 0 Å². The van der Waals surface area contributed by atoms with Gasteiger partial charge in [0.15, 0.2) is 0 Å². The number of nitrogens with zero attached hydrogens (tertiary/aromatic N) is 3. The van der Waals surface area contributed by atoms with Crippen molar-refractivity contribution in [2.24, 2.45) is 0 Å². The van der Waals surface area contributed by atoms with Gasteiger partial charge in [-0.15, -0.1) is 10.2 Å². The highest BCUT2D eigenvalue weighted by molar-refractivity contribution is 6.31. The van der Waals surface area contributed by atoms with Crippen LogP contribution in [0.1, 0.15) is 16.9 Å². The molecule has 6 nitrogen and oxygen atoms in total.